The first-order valence-corrected chi connectivity index (χ1v) is 12.8. The van der Waals surface area contributed by atoms with E-state index >= 15 is 0 Å². The molecule has 1 aliphatic heterocycles. The van der Waals surface area contributed by atoms with Gasteiger partial charge in [0.2, 0.25) is 0 Å². The minimum atomic E-state index is -0.0568. The van der Waals surface area contributed by atoms with Crippen molar-refractivity contribution in [3.8, 4) is 0 Å². The van der Waals surface area contributed by atoms with E-state index in [1.54, 1.807) is 0 Å². The van der Waals surface area contributed by atoms with Crippen LogP contribution in [0.3, 0.4) is 0 Å². The van der Waals surface area contributed by atoms with E-state index < -0.39 is 0 Å². The van der Waals surface area contributed by atoms with Crippen molar-refractivity contribution < 1.29 is 4.74 Å². The summed E-state index contributed by atoms with van der Waals surface area (Å²) < 4.78 is 5.48. The van der Waals surface area contributed by atoms with Crippen molar-refractivity contribution in [2.45, 2.75) is 40.7 Å². The van der Waals surface area contributed by atoms with Gasteiger partial charge in [0.1, 0.15) is 0 Å². The first kappa shape index (κ1) is 25.4. The minimum Gasteiger partial charge on any atom is -0.379 e. The molecule has 3 aromatic rings. The Morgan fingerprint density at radius 1 is 1.06 bits per heavy atom. The molecular formula is C28H36N4O2S. The van der Waals surface area contributed by atoms with Gasteiger partial charge in [-0.2, -0.15) is 0 Å². The number of hydrogen-bond donors (Lipinski definition) is 2. The van der Waals surface area contributed by atoms with Crippen LogP contribution in [0, 0.1) is 27.7 Å². The molecule has 1 saturated heterocycles. The number of fused-ring (bicyclic) bond motifs is 1. The second-order valence-corrected chi connectivity index (χ2v) is 9.98. The zero-order valence-corrected chi connectivity index (χ0v) is 22.1. The average Bonchev–Trinajstić information content (AvgIpc) is 2.84. The Balaban J connectivity index is 1.56. The summed E-state index contributed by atoms with van der Waals surface area (Å²) in [6.45, 7) is 14.0. The molecule has 0 saturated carbocycles. The monoisotopic (exact) mass is 492 g/mol. The van der Waals surface area contributed by atoms with E-state index in [0.29, 0.717) is 11.7 Å². The fraction of sp³-hybridized carbons (Fsp3) is 0.429. The summed E-state index contributed by atoms with van der Waals surface area (Å²) in [7, 11) is 0. The number of aromatic amines is 1. The Morgan fingerprint density at radius 3 is 2.54 bits per heavy atom. The molecule has 0 atom stereocenters. The maximum absolute atomic E-state index is 13.1. The molecule has 0 amide bonds. The van der Waals surface area contributed by atoms with Crippen LogP contribution in [0.1, 0.15) is 34.2 Å². The van der Waals surface area contributed by atoms with Crippen molar-refractivity contribution >= 4 is 33.9 Å². The van der Waals surface area contributed by atoms with Crippen LogP contribution in [0.25, 0.3) is 10.9 Å². The quantitative estimate of drug-likeness (QED) is 0.467. The number of morpholine rings is 1. The number of hydrogen-bond acceptors (Lipinski definition) is 4. The number of benzene rings is 2. The van der Waals surface area contributed by atoms with E-state index in [4.69, 9.17) is 17.0 Å². The van der Waals surface area contributed by atoms with Crippen molar-refractivity contribution in [1.29, 1.82) is 0 Å². The molecule has 7 heteroatoms. The third-order valence-electron chi connectivity index (χ3n) is 6.80. The van der Waals surface area contributed by atoms with Crippen LogP contribution >= 0.6 is 12.2 Å². The Kier molecular flexibility index (Phi) is 8.21. The minimum absolute atomic E-state index is 0.0568. The SMILES string of the molecule is Cc1ccc(NC(=S)N(CCCN2CCOCC2)Cc2cc3c(C)ccc(C)c3[nH]c2=O)c(C)c1. The molecule has 0 aliphatic carbocycles. The van der Waals surface area contributed by atoms with Crippen LogP contribution in [-0.4, -0.2) is 59.3 Å². The van der Waals surface area contributed by atoms with Gasteiger partial charge in [-0.15, -0.1) is 0 Å². The lowest BCUT2D eigenvalue weighted by Crippen LogP contribution is -2.40. The van der Waals surface area contributed by atoms with Gasteiger partial charge in [-0.3, -0.25) is 9.69 Å². The van der Waals surface area contributed by atoms with Gasteiger partial charge >= 0.3 is 0 Å². The van der Waals surface area contributed by atoms with Gasteiger partial charge in [-0.25, -0.2) is 0 Å². The zero-order valence-electron chi connectivity index (χ0n) is 21.2. The highest BCUT2D eigenvalue weighted by Crippen LogP contribution is 2.21. The lowest BCUT2D eigenvalue weighted by molar-refractivity contribution is 0.0367. The normalized spacial score (nSPS) is 14.3. The number of pyridine rings is 1. The number of aryl methyl sites for hydroxylation is 4. The van der Waals surface area contributed by atoms with Crippen molar-refractivity contribution in [2.24, 2.45) is 0 Å². The summed E-state index contributed by atoms with van der Waals surface area (Å²) in [5, 5.41) is 5.16. The van der Waals surface area contributed by atoms with Gasteiger partial charge < -0.3 is 19.9 Å². The Morgan fingerprint density at radius 2 is 1.80 bits per heavy atom. The molecule has 4 rings (SSSR count). The molecule has 2 aromatic carbocycles. The second kappa shape index (κ2) is 11.3. The molecule has 0 radical (unpaired) electrons. The Hall–Kier alpha value is -2.74. The summed E-state index contributed by atoms with van der Waals surface area (Å²) in [5.74, 6) is 0. The van der Waals surface area contributed by atoms with Gasteiger partial charge in [0.05, 0.1) is 25.3 Å². The van der Waals surface area contributed by atoms with E-state index in [1.165, 1.54) is 5.56 Å². The molecule has 1 fully saturated rings. The van der Waals surface area contributed by atoms with Gasteiger partial charge in [0, 0.05) is 42.8 Å². The lowest BCUT2D eigenvalue weighted by atomic mass is 10.0. The van der Waals surface area contributed by atoms with Crippen molar-refractivity contribution in [3.63, 3.8) is 0 Å². The second-order valence-electron chi connectivity index (χ2n) is 9.59. The first-order chi connectivity index (χ1) is 16.8. The first-order valence-electron chi connectivity index (χ1n) is 12.4. The number of nitrogens with one attached hydrogen (secondary N) is 2. The smallest absolute Gasteiger partial charge is 0.253 e. The molecule has 2 N–H and O–H groups in total. The molecule has 186 valence electrons. The number of nitrogens with zero attached hydrogens (tertiary/aromatic N) is 2. The molecule has 0 spiro atoms. The van der Waals surface area contributed by atoms with Crippen molar-refractivity contribution in [2.75, 3.05) is 44.7 Å². The van der Waals surface area contributed by atoms with E-state index in [9.17, 15) is 4.79 Å². The molecular weight excluding hydrogens is 456 g/mol. The van der Waals surface area contributed by atoms with Crippen LogP contribution in [0.15, 0.2) is 41.2 Å². The highest BCUT2D eigenvalue weighted by Gasteiger charge is 2.17. The average molecular weight is 493 g/mol. The standard InChI is InChI=1S/C28H36N4O2S/c1-19-6-9-25(22(4)16-19)29-28(35)32(11-5-10-31-12-14-34-15-13-31)18-23-17-24-20(2)7-8-21(3)26(24)30-27(23)33/h6-9,16-17H,5,10-15,18H2,1-4H3,(H,29,35)(H,30,33). The molecule has 35 heavy (non-hydrogen) atoms. The van der Waals surface area contributed by atoms with E-state index in [0.717, 1.165) is 84.7 Å². The lowest BCUT2D eigenvalue weighted by Gasteiger charge is -2.30. The molecule has 0 unspecified atom stereocenters. The molecule has 6 nitrogen and oxygen atoms in total. The fourth-order valence-corrected chi connectivity index (χ4v) is 4.92. The maximum Gasteiger partial charge on any atom is 0.253 e. The number of H-pyrrole nitrogens is 1. The maximum atomic E-state index is 13.1. The number of anilines is 1. The van der Waals surface area contributed by atoms with Crippen molar-refractivity contribution in [1.82, 2.24) is 14.8 Å². The van der Waals surface area contributed by atoms with Crippen LogP contribution in [0.5, 0.6) is 0 Å². The Bertz CT molecular complexity index is 1260. The number of thiocarbonyl (C=S) groups is 1. The van der Waals surface area contributed by atoms with Gasteiger partial charge in [-0.05, 0) is 75.2 Å². The van der Waals surface area contributed by atoms with E-state index in [1.807, 2.05) is 19.1 Å². The Labute approximate surface area is 213 Å². The predicted molar refractivity (Wildman–Crippen MR) is 148 cm³/mol. The van der Waals surface area contributed by atoms with Crippen LogP contribution in [0.4, 0.5) is 5.69 Å². The van der Waals surface area contributed by atoms with Crippen LogP contribution in [-0.2, 0) is 11.3 Å². The van der Waals surface area contributed by atoms with E-state index in [2.05, 4.69) is 65.1 Å². The largest absolute Gasteiger partial charge is 0.379 e. The fourth-order valence-electron chi connectivity index (χ4n) is 4.65. The molecule has 1 aromatic heterocycles. The summed E-state index contributed by atoms with van der Waals surface area (Å²) in [4.78, 5) is 20.7. The summed E-state index contributed by atoms with van der Waals surface area (Å²) >= 11 is 5.87. The highest BCUT2D eigenvalue weighted by molar-refractivity contribution is 7.80. The van der Waals surface area contributed by atoms with Crippen LogP contribution < -0.4 is 10.9 Å². The summed E-state index contributed by atoms with van der Waals surface area (Å²) in [6, 6.07) is 12.5. The summed E-state index contributed by atoms with van der Waals surface area (Å²) in [5.41, 5.74) is 7.17. The number of ether oxygens (including phenoxy) is 1. The van der Waals surface area contributed by atoms with Gasteiger partial charge in [-0.1, -0.05) is 29.8 Å². The van der Waals surface area contributed by atoms with Gasteiger partial charge in [0.25, 0.3) is 5.56 Å². The van der Waals surface area contributed by atoms with Gasteiger partial charge in [0.15, 0.2) is 5.11 Å². The molecule has 0 bridgehead atoms. The summed E-state index contributed by atoms with van der Waals surface area (Å²) in [6.07, 6.45) is 0.957. The third-order valence-corrected chi connectivity index (χ3v) is 7.16. The third kappa shape index (κ3) is 6.28. The van der Waals surface area contributed by atoms with Crippen LogP contribution in [0.2, 0.25) is 0 Å². The number of rotatable bonds is 7. The predicted octanol–water partition coefficient (Wildman–Crippen LogP) is 4.68. The van der Waals surface area contributed by atoms with E-state index in [-0.39, 0.29) is 5.56 Å². The molecule has 2 heterocycles. The number of aromatic nitrogens is 1. The highest BCUT2D eigenvalue weighted by atomic mass is 32.1. The molecule has 1 aliphatic rings. The van der Waals surface area contributed by atoms with Crippen molar-refractivity contribution in [3.05, 3.63) is 74.6 Å². The topological polar surface area (TPSA) is 60.6 Å². The zero-order chi connectivity index (χ0) is 24.9.